The maximum Gasteiger partial charge on any atom is 0.260 e. The number of thiophene rings is 1. The molecule has 0 saturated heterocycles. The van der Waals surface area contributed by atoms with Gasteiger partial charge in [-0.25, -0.2) is 9.97 Å². The highest BCUT2D eigenvalue weighted by Crippen LogP contribution is 2.32. The fourth-order valence-electron chi connectivity index (χ4n) is 3.52. The molecule has 30 heavy (non-hydrogen) atoms. The molecule has 0 fully saturated rings. The number of hydrogen-bond acceptors (Lipinski definition) is 7. The molecule has 2 N–H and O–H groups in total. The van der Waals surface area contributed by atoms with Crippen LogP contribution in [0.4, 0.5) is 5.13 Å². The lowest BCUT2D eigenvalue weighted by Gasteiger charge is -2.06. The summed E-state index contributed by atoms with van der Waals surface area (Å²) in [6.07, 6.45) is 4.40. The van der Waals surface area contributed by atoms with Crippen molar-refractivity contribution < 1.29 is 4.79 Å². The zero-order valence-electron chi connectivity index (χ0n) is 15.9. The minimum absolute atomic E-state index is 0.148. The van der Waals surface area contributed by atoms with E-state index in [-0.39, 0.29) is 17.2 Å². The van der Waals surface area contributed by atoms with Crippen molar-refractivity contribution in [2.24, 2.45) is 0 Å². The zero-order valence-corrected chi connectivity index (χ0v) is 18.4. The number of anilines is 1. The van der Waals surface area contributed by atoms with Gasteiger partial charge in [-0.3, -0.25) is 9.59 Å². The summed E-state index contributed by atoms with van der Waals surface area (Å²) in [4.78, 5) is 38.9. The monoisotopic (exact) mass is 454 g/mol. The van der Waals surface area contributed by atoms with Gasteiger partial charge in [0, 0.05) is 15.8 Å². The molecule has 152 valence electrons. The van der Waals surface area contributed by atoms with Crippen LogP contribution in [0.3, 0.4) is 0 Å². The summed E-state index contributed by atoms with van der Waals surface area (Å²) in [5.74, 6) is 0.0142. The van der Waals surface area contributed by atoms with E-state index in [1.165, 1.54) is 34.4 Å². The zero-order chi connectivity index (χ0) is 20.5. The van der Waals surface area contributed by atoms with E-state index >= 15 is 0 Å². The number of aromatic amines is 1. The molecule has 1 aliphatic carbocycles. The number of rotatable bonds is 5. The second-order valence-corrected chi connectivity index (χ2v) is 9.91. The Morgan fingerprint density at radius 3 is 2.83 bits per heavy atom. The lowest BCUT2D eigenvalue weighted by Crippen LogP contribution is -2.15. The Bertz CT molecular complexity index is 1250. The first kappa shape index (κ1) is 19.5. The van der Waals surface area contributed by atoms with Crippen LogP contribution in [0.15, 0.2) is 45.7 Å². The standard InChI is InChI=1S/C21H18N4O2S3/c26-16(23-21-22-14-8-4-5-9-15(14)30-21)11-29-20-24-18(27)17-13(10-28-19(17)25-20)12-6-2-1-3-7-12/h1-3,6-7,10H,4-5,8-9,11H2,(H,22,23,26)(H,24,25,27). The number of aryl methyl sites for hydroxylation is 2. The minimum Gasteiger partial charge on any atom is -0.301 e. The van der Waals surface area contributed by atoms with Gasteiger partial charge in [-0.1, -0.05) is 42.1 Å². The maximum atomic E-state index is 12.7. The number of nitrogens with one attached hydrogen (secondary N) is 2. The topological polar surface area (TPSA) is 87.7 Å². The van der Waals surface area contributed by atoms with E-state index in [1.54, 1.807) is 11.3 Å². The van der Waals surface area contributed by atoms with Gasteiger partial charge < -0.3 is 10.3 Å². The van der Waals surface area contributed by atoms with Gasteiger partial charge in [-0.2, -0.15) is 0 Å². The van der Waals surface area contributed by atoms with E-state index < -0.39 is 0 Å². The van der Waals surface area contributed by atoms with Crippen molar-refractivity contribution in [2.75, 3.05) is 11.1 Å². The first-order valence-electron chi connectivity index (χ1n) is 9.65. The summed E-state index contributed by atoms with van der Waals surface area (Å²) in [5, 5.41) is 6.53. The van der Waals surface area contributed by atoms with Crippen LogP contribution < -0.4 is 10.9 Å². The van der Waals surface area contributed by atoms with Crippen molar-refractivity contribution in [2.45, 2.75) is 30.8 Å². The molecule has 1 aromatic carbocycles. The van der Waals surface area contributed by atoms with Gasteiger partial charge in [-0.05, 0) is 31.2 Å². The largest absolute Gasteiger partial charge is 0.301 e. The van der Waals surface area contributed by atoms with E-state index in [0.717, 1.165) is 36.1 Å². The average Bonchev–Trinajstić information content (AvgIpc) is 3.36. The van der Waals surface area contributed by atoms with Gasteiger partial charge in [-0.15, -0.1) is 22.7 Å². The van der Waals surface area contributed by atoms with Crippen molar-refractivity contribution in [1.29, 1.82) is 0 Å². The third-order valence-electron chi connectivity index (χ3n) is 4.94. The van der Waals surface area contributed by atoms with Gasteiger partial charge >= 0.3 is 0 Å². The Hall–Kier alpha value is -2.49. The number of carbonyl (C=O) groups is 1. The molecule has 6 nitrogen and oxygen atoms in total. The normalized spacial score (nSPS) is 13.3. The van der Waals surface area contributed by atoms with Gasteiger partial charge in [0.1, 0.15) is 4.83 Å². The second kappa shape index (κ2) is 8.33. The Kier molecular flexibility index (Phi) is 5.41. The highest BCUT2D eigenvalue weighted by molar-refractivity contribution is 7.99. The number of thiazole rings is 1. The first-order chi connectivity index (χ1) is 14.7. The van der Waals surface area contributed by atoms with Crippen LogP contribution in [-0.2, 0) is 17.6 Å². The third-order valence-corrected chi connectivity index (χ3v) is 7.76. The van der Waals surface area contributed by atoms with E-state index in [9.17, 15) is 9.59 Å². The Morgan fingerprint density at radius 2 is 2.00 bits per heavy atom. The molecule has 4 aromatic rings. The molecular weight excluding hydrogens is 436 g/mol. The molecule has 3 aromatic heterocycles. The summed E-state index contributed by atoms with van der Waals surface area (Å²) >= 11 is 4.22. The number of thioether (sulfide) groups is 1. The predicted octanol–water partition coefficient (Wildman–Crippen LogP) is 4.72. The average molecular weight is 455 g/mol. The van der Waals surface area contributed by atoms with E-state index in [2.05, 4.69) is 20.3 Å². The molecule has 0 radical (unpaired) electrons. The molecule has 0 atom stereocenters. The van der Waals surface area contributed by atoms with Crippen molar-refractivity contribution in [3.05, 3.63) is 56.6 Å². The minimum atomic E-state index is -0.185. The number of amides is 1. The number of benzene rings is 1. The summed E-state index contributed by atoms with van der Waals surface area (Å²) in [6.45, 7) is 0. The predicted molar refractivity (Wildman–Crippen MR) is 124 cm³/mol. The van der Waals surface area contributed by atoms with Crippen molar-refractivity contribution >= 4 is 55.7 Å². The van der Waals surface area contributed by atoms with E-state index in [0.29, 0.717) is 20.5 Å². The van der Waals surface area contributed by atoms with Crippen LogP contribution in [0.5, 0.6) is 0 Å². The molecule has 5 rings (SSSR count). The van der Waals surface area contributed by atoms with Crippen LogP contribution in [0.2, 0.25) is 0 Å². The quantitative estimate of drug-likeness (QED) is 0.337. The van der Waals surface area contributed by atoms with Gasteiger partial charge in [0.15, 0.2) is 10.3 Å². The molecule has 0 unspecified atom stereocenters. The molecular formula is C21H18N4O2S3. The van der Waals surface area contributed by atoms with Crippen molar-refractivity contribution in [1.82, 2.24) is 15.0 Å². The lowest BCUT2D eigenvalue weighted by atomic mass is 10.0. The van der Waals surface area contributed by atoms with Crippen molar-refractivity contribution in [3.63, 3.8) is 0 Å². The number of fused-ring (bicyclic) bond motifs is 2. The van der Waals surface area contributed by atoms with Gasteiger partial charge in [0.2, 0.25) is 5.91 Å². The number of carbonyl (C=O) groups excluding carboxylic acids is 1. The fourth-order valence-corrected chi connectivity index (χ4v) is 6.25. The molecule has 0 spiro atoms. The van der Waals surface area contributed by atoms with Crippen LogP contribution in [0.1, 0.15) is 23.4 Å². The van der Waals surface area contributed by atoms with Gasteiger partial charge in [0.05, 0.1) is 16.8 Å². The highest BCUT2D eigenvalue weighted by Gasteiger charge is 2.17. The number of nitrogens with zero attached hydrogens (tertiary/aromatic N) is 2. The smallest absolute Gasteiger partial charge is 0.260 e. The Labute approximate surface area is 184 Å². The van der Waals surface area contributed by atoms with Crippen LogP contribution in [-0.4, -0.2) is 26.6 Å². The van der Waals surface area contributed by atoms with Gasteiger partial charge in [0.25, 0.3) is 5.56 Å². The molecule has 3 heterocycles. The highest BCUT2D eigenvalue weighted by atomic mass is 32.2. The molecule has 1 amide bonds. The SMILES string of the molecule is O=C(CSc1nc2scc(-c3ccccc3)c2c(=O)[nH]1)Nc1nc2c(s1)CCCC2. The maximum absolute atomic E-state index is 12.7. The molecule has 0 aliphatic heterocycles. The number of H-pyrrole nitrogens is 1. The summed E-state index contributed by atoms with van der Waals surface area (Å²) in [7, 11) is 0. The second-order valence-electron chi connectivity index (χ2n) is 7.00. The molecule has 1 aliphatic rings. The van der Waals surface area contributed by atoms with E-state index in [4.69, 9.17) is 0 Å². The molecule has 0 bridgehead atoms. The molecule has 9 heteroatoms. The summed E-state index contributed by atoms with van der Waals surface area (Å²) < 4.78 is 0. The van der Waals surface area contributed by atoms with Crippen LogP contribution in [0.25, 0.3) is 21.3 Å². The summed E-state index contributed by atoms with van der Waals surface area (Å²) in [6, 6.07) is 9.79. The lowest BCUT2D eigenvalue weighted by molar-refractivity contribution is -0.113. The number of aromatic nitrogens is 3. The fraction of sp³-hybridized carbons (Fsp3) is 0.238. The van der Waals surface area contributed by atoms with Crippen LogP contribution in [0, 0.1) is 0 Å². The van der Waals surface area contributed by atoms with Crippen molar-refractivity contribution in [3.8, 4) is 11.1 Å². The summed E-state index contributed by atoms with van der Waals surface area (Å²) in [5.41, 5.74) is 2.81. The first-order valence-corrected chi connectivity index (χ1v) is 12.3. The molecule has 0 saturated carbocycles. The Morgan fingerprint density at radius 1 is 1.17 bits per heavy atom. The van der Waals surface area contributed by atoms with E-state index in [1.807, 2.05) is 35.7 Å². The Balaban J connectivity index is 1.29. The third kappa shape index (κ3) is 3.92. The number of hydrogen-bond donors (Lipinski definition) is 2. The van der Waals surface area contributed by atoms with Crippen LogP contribution >= 0.6 is 34.4 Å².